The first-order valence-electron chi connectivity index (χ1n) is 8.04. The van der Waals surface area contributed by atoms with E-state index in [-0.39, 0.29) is 5.54 Å². The van der Waals surface area contributed by atoms with E-state index >= 15 is 0 Å². The maximum absolute atomic E-state index is 9.78. The molecule has 0 heterocycles. The average molecular weight is 263 g/mol. The van der Waals surface area contributed by atoms with Gasteiger partial charge in [0, 0.05) is 18.6 Å². The van der Waals surface area contributed by atoms with Crippen molar-refractivity contribution in [2.24, 2.45) is 5.92 Å². The van der Waals surface area contributed by atoms with Gasteiger partial charge in [-0.05, 0) is 52.0 Å². The van der Waals surface area contributed by atoms with Gasteiger partial charge in [-0.1, -0.05) is 19.8 Å². The summed E-state index contributed by atoms with van der Waals surface area (Å²) in [5, 5.41) is 13.4. The van der Waals surface area contributed by atoms with Gasteiger partial charge in [-0.2, -0.15) is 5.26 Å². The zero-order chi connectivity index (χ0) is 13.9. The third-order valence-electron chi connectivity index (χ3n) is 4.72. The fraction of sp³-hybridized carbons (Fsp3) is 0.938. The van der Waals surface area contributed by atoms with E-state index in [4.69, 9.17) is 0 Å². The molecule has 108 valence electrons. The first-order valence-corrected chi connectivity index (χ1v) is 8.04. The zero-order valence-electron chi connectivity index (χ0n) is 12.8. The Morgan fingerprint density at radius 2 is 1.89 bits per heavy atom. The molecule has 2 saturated carbocycles. The van der Waals surface area contributed by atoms with Crippen molar-refractivity contribution in [2.45, 2.75) is 76.9 Å². The number of hydrogen-bond donors (Lipinski definition) is 1. The van der Waals surface area contributed by atoms with Gasteiger partial charge in [0.05, 0.1) is 6.07 Å². The Hall–Kier alpha value is -0.590. The Labute approximate surface area is 118 Å². The molecule has 3 nitrogen and oxygen atoms in total. The molecular formula is C16H29N3. The van der Waals surface area contributed by atoms with E-state index in [2.05, 4.69) is 37.1 Å². The highest BCUT2D eigenvalue weighted by Gasteiger charge is 2.47. The summed E-state index contributed by atoms with van der Waals surface area (Å²) >= 11 is 0. The normalized spacial score (nSPS) is 23.8. The van der Waals surface area contributed by atoms with E-state index in [1.165, 1.54) is 38.5 Å². The van der Waals surface area contributed by atoms with Crippen molar-refractivity contribution in [3.8, 4) is 6.07 Å². The maximum Gasteiger partial charge on any atom is 0.122 e. The number of rotatable bonds is 7. The second-order valence-electron chi connectivity index (χ2n) is 6.66. The minimum atomic E-state index is -0.313. The molecule has 0 saturated heterocycles. The molecule has 1 atom stereocenters. The van der Waals surface area contributed by atoms with Gasteiger partial charge in [0.15, 0.2) is 0 Å². The largest absolute Gasteiger partial charge is 0.298 e. The number of nitrogens with one attached hydrogen (secondary N) is 1. The Kier molecular flexibility index (Phi) is 4.86. The predicted octanol–water partition coefficient (Wildman–Crippen LogP) is 2.92. The van der Waals surface area contributed by atoms with Crippen LogP contribution < -0.4 is 5.32 Å². The van der Waals surface area contributed by atoms with E-state index in [0.717, 1.165) is 13.1 Å². The Morgan fingerprint density at radius 3 is 2.32 bits per heavy atom. The molecule has 2 aliphatic carbocycles. The van der Waals surface area contributed by atoms with Gasteiger partial charge < -0.3 is 0 Å². The van der Waals surface area contributed by atoms with E-state index < -0.39 is 0 Å². The molecule has 2 fully saturated rings. The van der Waals surface area contributed by atoms with Crippen LogP contribution >= 0.6 is 0 Å². The monoisotopic (exact) mass is 263 g/mol. The van der Waals surface area contributed by atoms with Crippen molar-refractivity contribution in [3.05, 3.63) is 0 Å². The molecule has 1 N–H and O–H groups in total. The van der Waals surface area contributed by atoms with Crippen molar-refractivity contribution in [3.63, 3.8) is 0 Å². The fourth-order valence-electron chi connectivity index (χ4n) is 3.63. The fourth-order valence-corrected chi connectivity index (χ4v) is 3.63. The summed E-state index contributed by atoms with van der Waals surface area (Å²) in [7, 11) is 0. The van der Waals surface area contributed by atoms with Gasteiger partial charge in [-0.15, -0.1) is 0 Å². The molecule has 0 aromatic rings. The molecule has 0 aliphatic heterocycles. The molecule has 0 radical (unpaired) electrons. The predicted molar refractivity (Wildman–Crippen MR) is 78.8 cm³/mol. The van der Waals surface area contributed by atoms with Gasteiger partial charge in [0.1, 0.15) is 5.54 Å². The first kappa shape index (κ1) is 14.8. The van der Waals surface area contributed by atoms with Crippen LogP contribution in [0.3, 0.4) is 0 Å². The van der Waals surface area contributed by atoms with Crippen LogP contribution in [0.25, 0.3) is 0 Å². The third kappa shape index (κ3) is 3.49. The highest BCUT2D eigenvalue weighted by atomic mass is 15.2. The number of hydrogen-bond acceptors (Lipinski definition) is 3. The van der Waals surface area contributed by atoms with Crippen molar-refractivity contribution >= 4 is 0 Å². The van der Waals surface area contributed by atoms with E-state index in [0.29, 0.717) is 18.0 Å². The average Bonchev–Trinajstić information content (AvgIpc) is 3.11. The summed E-state index contributed by atoms with van der Waals surface area (Å²) in [6.45, 7) is 8.53. The number of nitrogens with zero attached hydrogens (tertiary/aromatic N) is 2. The molecule has 19 heavy (non-hydrogen) atoms. The quantitative estimate of drug-likeness (QED) is 0.767. The second-order valence-corrected chi connectivity index (χ2v) is 6.66. The summed E-state index contributed by atoms with van der Waals surface area (Å²) < 4.78 is 0. The lowest BCUT2D eigenvalue weighted by atomic mass is 9.92. The highest BCUT2D eigenvalue weighted by molar-refractivity contribution is 5.17. The second kappa shape index (κ2) is 6.24. The summed E-state index contributed by atoms with van der Waals surface area (Å²) in [6, 6.07) is 3.74. The van der Waals surface area contributed by atoms with Crippen LogP contribution in [0.5, 0.6) is 0 Å². The van der Waals surface area contributed by atoms with E-state index in [1.807, 2.05) is 0 Å². The minimum Gasteiger partial charge on any atom is -0.298 e. The Bertz CT molecular complexity index is 323. The van der Waals surface area contributed by atoms with Gasteiger partial charge in [0.2, 0.25) is 0 Å². The first-order chi connectivity index (χ1) is 9.11. The lowest BCUT2D eigenvalue weighted by Gasteiger charge is -2.38. The van der Waals surface area contributed by atoms with Crippen LogP contribution in [0.4, 0.5) is 0 Å². The van der Waals surface area contributed by atoms with Gasteiger partial charge in [-0.3, -0.25) is 10.2 Å². The van der Waals surface area contributed by atoms with Crippen LogP contribution in [-0.4, -0.2) is 35.6 Å². The SMILES string of the molecule is CCN(CC(C#N)(NC(C)C)C1CC1)C1CCCC1. The van der Waals surface area contributed by atoms with Crippen LogP contribution in [0.1, 0.15) is 59.3 Å². The molecule has 2 rings (SSSR count). The van der Waals surface area contributed by atoms with Crippen LogP contribution in [-0.2, 0) is 0 Å². The Balaban J connectivity index is 2.07. The lowest BCUT2D eigenvalue weighted by Crippen LogP contribution is -2.58. The van der Waals surface area contributed by atoms with Gasteiger partial charge >= 0.3 is 0 Å². The number of likely N-dealkylation sites (N-methyl/N-ethyl adjacent to an activating group) is 1. The van der Waals surface area contributed by atoms with Crippen molar-refractivity contribution < 1.29 is 0 Å². The van der Waals surface area contributed by atoms with Crippen molar-refractivity contribution in [1.29, 1.82) is 5.26 Å². The maximum atomic E-state index is 9.78. The summed E-state index contributed by atoms with van der Waals surface area (Å²) in [4.78, 5) is 2.56. The molecule has 2 aliphatic rings. The molecular weight excluding hydrogens is 234 g/mol. The minimum absolute atomic E-state index is 0.313. The molecule has 0 amide bonds. The van der Waals surface area contributed by atoms with E-state index in [1.54, 1.807) is 0 Å². The van der Waals surface area contributed by atoms with Crippen molar-refractivity contribution in [2.75, 3.05) is 13.1 Å². The van der Waals surface area contributed by atoms with Crippen LogP contribution in [0, 0.1) is 17.2 Å². The standard InChI is InChI=1S/C16H29N3/c1-4-19(15-7-5-6-8-15)12-16(11-17,14-9-10-14)18-13(2)3/h13-15,18H,4-10,12H2,1-3H3. The molecule has 0 aromatic heterocycles. The van der Waals surface area contributed by atoms with Crippen LogP contribution in [0.2, 0.25) is 0 Å². The van der Waals surface area contributed by atoms with Crippen LogP contribution in [0.15, 0.2) is 0 Å². The number of nitriles is 1. The summed E-state index contributed by atoms with van der Waals surface area (Å²) in [5.41, 5.74) is -0.313. The highest BCUT2D eigenvalue weighted by Crippen LogP contribution is 2.41. The summed E-state index contributed by atoms with van der Waals surface area (Å²) in [5.74, 6) is 0.565. The Morgan fingerprint density at radius 1 is 1.26 bits per heavy atom. The van der Waals surface area contributed by atoms with Gasteiger partial charge in [0.25, 0.3) is 0 Å². The molecule has 0 aromatic carbocycles. The zero-order valence-corrected chi connectivity index (χ0v) is 12.8. The molecule has 1 unspecified atom stereocenters. The third-order valence-corrected chi connectivity index (χ3v) is 4.72. The lowest BCUT2D eigenvalue weighted by molar-refractivity contribution is 0.148. The van der Waals surface area contributed by atoms with Gasteiger partial charge in [-0.25, -0.2) is 0 Å². The topological polar surface area (TPSA) is 39.1 Å². The molecule has 3 heteroatoms. The molecule has 0 bridgehead atoms. The summed E-state index contributed by atoms with van der Waals surface area (Å²) in [6.07, 6.45) is 7.80. The van der Waals surface area contributed by atoms with Crippen molar-refractivity contribution in [1.82, 2.24) is 10.2 Å². The van der Waals surface area contributed by atoms with E-state index in [9.17, 15) is 5.26 Å². The smallest absolute Gasteiger partial charge is 0.122 e. The molecule has 0 spiro atoms.